The fourth-order valence-electron chi connectivity index (χ4n) is 2.48. The van der Waals surface area contributed by atoms with E-state index in [1.165, 1.54) is 10.1 Å². The van der Waals surface area contributed by atoms with E-state index >= 15 is 0 Å². The molecule has 0 aliphatic rings. The summed E-state index contributed by atoms with van der Waals surface area (Å²) in [5.74, 6) is 0.284. The van der Waals surface area contributed by atoms with E-state index in [4.69, 9.17) is 27.9 Å². The molecule has 1 aromatic heterocycles. The third kappa shape index (κ3) is 4.46. The molecule has 2 aromatic carbocycles. The summed E-state index contributed by atoms with van der Waals surface area (Å²) in [6.45, 7) is 2.35. The lowest BCUT2D eigenvalue weighted by Crippen LogP contribution is -2.37. The van der Waals surface area contributed by atoms with Gasteiger partial charge < -0.3 is 10.1 Å². The summed E-state index contributed by atoms with van der Waals surface area (Å²) < 4.78 is 6.99. The highest BCUT2D eigenvalue weighted by atomic mass is 35.5. The molecule has 25 heavy (non-hydrogen) atoms. The van der Waals surface area contributed by atoms with Gasteiger partial charge in [0.1, 0.15) is 5.75 Å². The fourth-order valence-corrected chi connectivity index (χ4v) is 3.70. The topological polar surface area (TPSA) is 38.3 Å². The first-order valence-corrected chi connectivity index (χ1v) is 9.56. The average molecular weight is 394 g/mol. The number of carbonyl (C=O) groups is 1. The van der Waals surface area contributed by atoms with E-state index in [1.54, 1.807) is 29.5 Å². The number of benzene rings is 2. The summed E-state index contributed by atoms with van der Waals surface area (Å²) in [4.78, 5) is 12.4. The van der Waals surface area contributed by atoms with Crippen LogP contribution in [0.2, 0.25) is 10.0 Å². The molecule has 1 N–H and O–H groups in total. The van der Waals surface area contributed by atoms with Crippen LogP contribution in [0.25, 0.3) is 10.1 Å². The summed E-state index contributed by atoms with van der Waals surface area (Å²) in [7, 11) is 0. The zero-order chi connectivity index (χ0) is 17.8. The number of hydrogen-bond donors (Lipinski definition) is 1. The SMILES string of the molecule is CC[C@@H](Oc1ccc(Cl)cc1Cl)C(=O)NCc1ccc2sccc2c1. The second-order valence-corrected chi connectivity index (χ2v) is 7.39. The lowest BCUT2D eigenvalue weighted by atomic mass is 10.1. The van der Waals surface area contributed by atoms with E-state index in [0.29, 0.717) is 28.8 Å². The Balaban J connectivity index is 1.63. The highest BCUT2D eigenvalue weighted by molar-refractivity contribution is 7.17. The van der Waals surface area contributed by atoms with Crippen LogP contribution in [0.4, 0.5) is 0 Å². The Labute approximate surface area is 160 Å². The van der Waals surface area contributed by atoms with Crippen LogP contribution < -0.4 is 10.1 Å². The van der Waals surface area contributed by atoms with Gasteiger partial charge in [-0.25, -0.2) is 0 Å². The monoisotopic (exact) mass is 393 g/mol. The van der Waals surface area contributed by atoms with E-state index in [9.17, 15) is 4.79 Å². The first-order chi connectivity index (χ1) is 12.1. The average Bonchev–Trinajstić information content (AvgIpc) is 3.07. The van der Waals surface area contributed by atoms with Crippen molar-refractivity contribution in [3.63, 3.8) is 0 Å². The zero-order valence-corrected chi connectivity index (χ0v) is 15.9. The molecule has 1 heterocycles. The van der Waals surface area contributed by atoms with Gasteiger partial charge in [0.15, 0.2) is 6.10 Å². The van der Waals surface area contributed by atoms with Gasteiger partial charge in [-0.1, -0.05) is 36.2 Å². The Bertz CT molecular complexity index is 894. The highest BCUT2D eigenvalue weighted by Crippen LogP contribution is 2.28. The molecule has 0 saturated carbocycles. The van der Waals surface area contributed by atoms with Crippen LogP contribution in [-0.4, -0.2) is 12.0 Å². The second-order valence-electron chi connectivity index (χ2n) is 5.60. The summed E-state index contributed by atoms with van der Waals surface area (Å²) in [6, 6.07) is 13.2. The molecule has 0 saturated heterocycles. The van der Waals surface area contributed by atoms with E-state index in [1.807, 2.05) is 13.0 Å². The number of thiophene rings is 1. The smallest absolute Gasteiger partial charge is 0.261 e. The maximum atomic E-state index is 12.4. The van der Waals surface area contributed by atoms with Crippen molar-refractivity contribution in [2.75, 3.05) is 0 Å². The number of nitrogens with one attached hydrogen (secondary N) is 1. The molecule has 1 amide bonds. The van der Waals surface area contributed by atoms with Crippen LogP contribution in [0, 0.1) is 0 Å². The minimum atomic E-state index is -0.608. The van der Waals surface area contributed by atoms with Crippen LogP contribution in [0.15, 0.2) is 47.8 Å². The number of fused-ring (bicyclic) bond motifs is 1. The molecular weight excluding hydrogens is 377 g/mol. The Morgan fingerprint density at radius 3 is 2.80 bits per heavy atom. The van der Waals surface area contributed by atoms with Gasteiger partial charge in [-0.2, -0.15) is 0 Å². The molecule has 0 aliphatic heterocycles. The first-order valence-electron chi connectivity index (χ1n) is 7.92. The molecule has 0 spiro atoms. The third-order valence-electron chi connectivity index (χ3n) is 3.81. The molecule has 0 aliphatic carbocycles. The van der Waals surface area contributed by atoms with Crippen molar-refractivity contribution in [1.29, 1.82) is 0 Å². The predicted octanol–water partition coefficient (Wildman–Crippen LogP) is 5.68. The standard InChI is InChI=1S/C19H17Cl2NO2S/c1-2-16(24-17-5-4-14(20)10-15(17)21)19(23)22-11-12-3-6-18-13(9-12)7-8-25-18/h3-10,16H,2,11H2,1H3,(H,22,23)/t16-/m1/s1. The molecule has 6 heteroatoms. The molecule has 3 rings (SSSR count). The molecule has 0 unspecified atom stereocenters. The van der Waals surface area contributed by atoms with Gasteiger partial charge in [0, 0.05) is 16.3 Å². The number of hydrogen-bond acceptors (Lipinski definition) is 3. The van der Waals surface area contributed by atoms with Gasteiger partial charge >= 0.3 is 0 Å². The Kier molecular flexibility index (Phi) is 5.84. The molecule has 0 bridgehead atoms. The fraction of sp³-hybridized carbons (Fsp3) is 0.211. The van der Waals surface area contributed by atoms with Gasteiger partial charge in [-0.05, 0) is 59.1 Å². The van der Waals surface area contributed by atoms with Crippen molar-refractivity contribution in [2.24, 2.45) is 0 Å². The maximum Gasteiger partial charge on any atom is 0.261 e. The third-order valence-corrected chi connectivity index (χ3v) is 5.24. The van der Waals surface area contributed by atoms with Crippen molar-refractivity contribution in [3.05, 3.63) is 63.5 Å². The Morgan fingerprint density at radius 1 is 1.20 bits per heavy atom. The first kappa shape index (κ1) is 18.1. The molecule has 3 aromatic rings. The summed E-state index contributed by atoms with van der Waals surface area (Å²) in [6.07, 6.45) is -0.0718. The van der Waals surface area contributed by atoms with Crippen molar-refractivity contribution in [2.45, 2.75) is 26.0 Å². The molecule has 130 valence electrons. The van der Waals surface area contributed by atoms with Crippen LogP contribution in [-0.2, 0) is 11.3 Å². The molecule has 1 atom stereocenters. The van der Waals surface area contributed by atoms with E-state index in [2.05, 4.69) is 28.9 Å². The molecular formula is C19H17Cl2NO2S. The molecule has 0 fully saturated rings. The van der Waals surface area contributed by atoms with Gasteiger partial charge in [-0.15, -0.1) is 11.3 Å². The quantitative estimate of drug-likeness (QED) is 0.584. The number of carbonyl (C=O) groups excluding carboxylic acids is 1. The zero-order valence-electron chi connectivity index (χ0n) is 13.6. The second kappa shape index (κ2) is 8.09. The van der Waals surface area contributed by atoms with Gasteiger partial charge in [0.05, 0.1) is 5.02 Å². The Hall–Kier alpha value is -1.75. The van der Waals surface area contributed by atoms with E-state index in [0.717, 1.165) is 5.56 Å². The molecule has 0 radical (unpaired) electrons. The van der Waals surface area contributed by atoms with Crippen molar-refractivity contribution in [3.8, 4) is 5.75 Å². The van der Waals surface area contributed by atoms with Crippen molar-refractivity contribution < 1.29 is 9.53 Å². The largest absolute Gasteiger partial charge is 0.479 e. The van der Waals surface area contributed by atoms with Crippen LogP contribution in [0.3, 0.4) is 0 Å². The number of ether oxygens (including phenoxy) is 1. The van der Waals surface area contributed by atoms with Gasteiger partial charge in [-0.3, -0.25) is 4.79 Å². The summed E-state index contributed by atoms with van der Waals surface area (Å²) in [5.41, 5.74) is 1.05. The lowest BCUT2D eigenvalue weighted by molar-refractivity contribution is -0.128. The number of rotatable bonds is 6. The predicted molar refractivity (Wildman–Crippen MR) is 105 cm³/mol. The van der Waals surface area contributed by atoms with Crippen LogP contribution in [0.1, 0.15) is 18.9 Å². The highest BCUT2D eigenvalue weighted by Gasteiger charge is 2.19. The van der Waals surface area contributed by atoms with E-state index in [-0.39, 0.29) is 5.91 Å². The minimum absolute atomic E-state index is 0.168. The summed E-state index contributed by atoms with van der Waals surface area (Å²) in [5, 5.41) is 7.09. The normalized spacial score (nSPS) is 12.1. The summed E-state index contributed by atoms with van der Waals surface area (Å²) >= 11 is 13.7. The van der Waals surface area contributed by atoms with Crippen LogP contribution >= 0.6 is 34.5 Å². The number of halogens is 2. The van der Waals surface area contributed by atoms with Crippen molar-refractivity contribution in [1.82, 2.24) is 5.32 Å². The van der Waals surface area contributed by atoms with Gasteiger partial charge in [0.25, 0.3) is 5.91 Å². The number of amides is 1. The van der Waals surface area contributed by atoms with Crippen molar-refractivity contribution >= 4 is 50.5 Å². The molecule has 3 nitrogen and oxygen atoms in total. The maximum absolute atomic E-state index is 12.4. The lowest BCUT2D eigenvalue weighted by Gasteiger charge is -2.18. The minimum Gasteiger partial charge on any atom is -0.479 e. The Morgan fingerprint density at radius 2 is 2.04 bits per heavy atom. The van der Waals surface area contributed by atoms with Gasteiger partial charge in [0.2, 0.25) is 0 Å². The van der Waals surface area contributed by atoms with E-state index < -0.39 is 6.10 Å². The van der Waals surface area contributed by atoms with Crippen LogP contribution in [0.5, 0.6) is 5.75 Å².